The summed E-state index contributed by atoms with van der Waals surface area (Å²) in [5, 5.41) is 4.77. The summed E-state index contributed by atoms with van der Waals surface area (Å²) in [7, 11) is 0. The van der Waals surface area contributed by atoms with Crippen molar-refractivity contribution in [2.24, 2.45) is 0 Å². The minimum atomic E-state index is -0.132. The van der Waals surface area contributed by atoms with Crippen LogP contribution < -0.4 is 4.74 Å². The van der Waals surface area contributed by atoms with E-state index >= 15 is 0 Å². The fourth-order valence-corrected chi connectivity index (χ4v) is 2.72. The highest BCUT2D eigenvalue weighted by Gasteiger charge is 2.17. The first kappa shape index (κ1) is 10.6. The number of fused-ring (bicyclic) bond motifs is 3. The maximum absolute atomic E-state index is 11.4. The van der Waals surface area contributed by atoms with Crippen molar-refractivity contribution in [1.29, 1.82) is 0 Å². The molecule has 2 heteroatoms. The summed E-state index contributed by atoms with van der Waals surface area (Å²) in [4.78, 5) is 11.4. The van der Waals surface area contributed by atoms with E-state index in [0.29, 0.717) is 6.42 Å². The van der Waals surface area contributed by atoms with Crippen LogP contribution in [0.15, 0.2) is 48.5 Å². The number of esters is 1. The zero-order valence-corrected chi connectivity index (χ0v) is 10.3. The number of aryl methyl sites for hydroxylation is 1. The molecule has 0 amide bonds. The van der Waals surface area contributed by atoms with E-state index in [1.54, 1.807) is 0 Å². The van der Waals surface area contributed by atoms with Gasteiger partial charge in [0.1, 0.15) is 5.75 Å². The molecule has 0 spiro atoms. The van der Waals surface area contributed by atoms with Crippen LogP contribution in [0.4, 0.5) is 0 Å². The van der Waals surface area contributed by atoms with Gasteiger partial charge in [0, 0.05) is 0 Å². The van der Waals surface area contributed by atoms with E-state index < -0.39 is 0 Å². The van der Waals surface area contributed by atoms with E-state index in [1.807, 2.05) is 18.2 Å². The molecule has 1 aliphatic heterocycles. The molecule has 3 aromatic carbocycles. The van der Waals surface area contributed by atoms with Crippen molar-refractivity contribution in [3.63, 3.8) is 0 Å². The van der Waals surface area contributed by atoms with Crippen molar-refractivity contribution in [1.82, 2.24) is 0 Å². The van der Waals surface area contributed by atoms with Gasteiger partial charge in [-0.15, -0.1) is 0 Å². The molecule has 0 radical (unpaired) electrons. The summed E-state index contributed by atoms with van der Waals surface area (Å²) in [5.74, 6) is 0.590. The summed E-state index contributed by atoms with van der Waals surface area (Å²) in [6.45, 7) is 0. The highest BCUT2D eigenvalue weighted by molar-refractivity contribution is 5.99. The second-order valence-electron chi connectivity index (χ2n) is 4.98. The Bertz CT molecular complexity index is 818. The number of hydrogen-bond donors (Lipinski definition) is 0. The molecule has 0 saturated carbocycles. The van der Waals surface area contributed by atoms with E-state index in [2.05, 4.69) is 30.3 Å². The molecule has 0 N–H and O–H groups in total. The molecule has 1 heterocycles. The van der Waals surface area contributed by atoms with Gasteiger partial charge in [0.2, 0.25) is 0 Å². The molecule has 0 saturated heterocycles. The van der Waals surface area contributed by atoms with Crippen molar-refractivity contribution >= 4 is 27.5 Å². The average Bonchev–Trinajstić information content (AvgIpc) is 2.43. The molecule has 2 nitrogen and oxygen atoms in total. The summed E-state index contributed by atoms with van der Waals surface area (Å²) in [6.07, 6.45) is 1.25. The monoisotopic (exact) mass is 248 g/mol. The van der Waals surface area contributed by atoms with Crippen LogP contribution in [-0.4, -0.2) is 5.97 Å². The lowest BCUT2D eigenvalue weighted by atomic mass is 9.98. The first-order valence-corrected chi connectivity index (χ1v) is 6.46. The van der Waals surface area contributed by atoms with E-state index in [9.17, 15) is 4.79 Å². The van der Waals surface area contributed by atoms with Crippen molar-refractivity contribution in [3.05, 3.63) is 54.1 Å². The molecule has 0 atom stereocenters. The Hall–Kier alpha value is -2.35. The zero-order valence-electron chi connectivity index (χ0n) is 10.3. The quantitative estimate of drug-likeness (QED) is 0.343. The van der Waals surface area contributed by atoms with Gasteiger partial charge < -0.3 is 4.74 Å². The van der Waals surface area contributed by atoms with Crippen LogP contribution in [-0.2, 0) is 11.2 Å². The van der Waals surface area contributed by atoms with E-state index in [0.717, 1.165) is 23.1 Å². The lowest BCUT2D eigenvalue weighted by Crippen LogP contribution is -2.15. The van der Waals surface area contributed by atoms with Crippen LogP contribution in [0.25, 0.3) is 21.5 Å². The van der Waals surface area contributed by atoms with Crippen molar-refractivity contribution in [2.75, 3.05) is 0 Å². The Kier molecular flexibility index (Phi) is 2.12. The smallest absolute Gasteiger partial charge is 0.311 e. The van der Waals surface area contributed by atoms with Gasteiger partial charge >= 0.3 is 5.97 Å². The molecule has 19 heavy (non-hydrogen) atoms. The third-order valence-electron chi connectivity index (χ3n) is 3.71. The number of rotatable bonds is 0. The predicted octanol–water partition coefficient (Wildman–Crippen LogP) is 3.84. The number of carbonyl (C=O) groups is 1. The maximum atomic E-state index is 11.4. The standard InChI is InChI=1S/C17H12O2/c18-17-6-5-13-9-14-7-11-3-1-2-4-12(11)8-15(14)10-16(13)19-17/h1-4,7-10H,5-6H2. The third-order valence-corrected chi connectivity index (χ3v) is 3.71. The molecule has 4 rings (SSSR count). The highest BCUT2D eigenvalue weighted by atomic mass is 16.5. The second-order valence-corrected chi connectivity index (χ2v) is 4.98. The Balaban J connectivity index is 2.02. The summed E-state index contributed by atoms with van der Waals surface area (Å²) >= 11 is 0. The first-order valence-electron chi connectivity index (χ1n) is 6.46. The van der Waals surface area contributed by atoms with Gasteiger partial charge in [-0.2, -0.15) is 0 Å². The normalized spacial score (nSPS) is 14.4. The van der Waals surface area contributed by atoms with E-state index in [-0.39, 0.29) is 5.97 Å². The zero-order chi connectivity index (χ0) is 12.8. The van der Waals surface area contributed by atoms with Gasteiger partial charge in [0.25, 0.3) is 0 Å². The van der Waals surface area contributed by atoms with Gasteiger partial charge in [-0.05, 0) is 57.8 Å². The van der Waals surface area contributed by atoms with Crippen LogP contribution in [0.2, 0.25) is 0 Å². The third kappa shape index (κ3) is 1.68. The SMILES string of the molecule is O=C1CCc2cc3cc4ccccc4cc3cc2O1. The molecule has 0 bridgehead atoms. The second kappa shape index (κ2) is 3.82. The lowest BCUT2D eigenvalue weighted by molar-refractivity contribution is -0.135. The van der Waals surface area contributed by atoms with Gasteiger partial charge in [-0.1, -0.05) is 24.3 Å². The Morgan fingerprint density at radius 3 is 2.21 bits per heavy atom. The minimum absolute atomic E-state index is 0.132. The van der Waals surface area contributed by atoms with Crippen LogP contribution in [0.5, 0.6) is 5.75 Å². The highest BCUT2D eigenvalue weighted by Crippen LogP contribution is 2.32. The number of benzene rings is 3. The molecule has 0 fully saturated rings. The van der Waals surface area contributed by atoms with Gasteiger partial charge in [-0.3, -0.25) is 4.79 Å². The van der Waals surface area contributed by atoms with Crippen LogP contribution in [0.1, 0.15) is 12.0 Å². The van der Waals surface area contributed by atoms with Crippen molar-refractivity contribution in [3.8, 4) is 5.75 Å². The Morgan fingerprint density at radius 2 is 1.47 bits per heavy atom. The molecule has 92 valence electrons. The largest absolute Gasteiger partial charge is 0.426 e. The first-order chi connectivity index (χ1) is 9.29. The van der Waals surface area contributed by atoms with Crippen LogP contribution in [0.3, 0.4) is 0 Å². The molecule has 0 aliphatic carbocycles. The van der Waals surface area contributed by atoms with Crippen molar-refractivity contribution < 1.29 is 9.53 Å². The summed E-state index contributed by atoms with van der Waals surface area (Å²) in [5.41, 5.74) is 1.13. The van der Waals surface area contributed by atoms with Crippen LogP contribution in [0, 0.1) is 0 Å². The van der Waals surface area contributed by atoms with Gasteiger partial charge in [-0.25, -0.2) is 0 Å². The Labute approximate surface area is 110 Å². The van der Waals surface area contributed by atoms with E-state index in [1.165, 1.54) is 16.2 Å². The van der Waals surface area contributed by atoms with Gasteiger partial charge in [0.15, 0.2) is 0 Å². The molecule has 0 aromatic heterocycles. The van der Waals surface area contributed by atoms with Gasteiger partial charge in [0.05, 0.1) is 6.42 Å². The topological polar surface area (TPSA) is 26.3 Å². The average molecular weight is 248 g/mol. The number of carbonyl (C=O) groups excluding carboxylic acids is 1. The fourth-order valence-electron chi connectivity index (χ4n) is 2.72. The fraction of sp³-hybridized carbons (Fsp3) is 0.118. The van der Waals surface area contributed by atoms with Crippen molar-refractivity contribution in [2.45, 2.75) is 12.8 Å². The summed E-state index contributed by atoms with van der Waals surface area (Å²) in [6, 6.07) is 16.8. The molecule has 3 aromatic rings. The van der Waals surface area contributed by atoms with Crippen LogP contribution >= 0.6 is 0 Å². The lowest BCUT2D eigenvalue weighted by Gasteiger charge is -2.16. The Morgan fingerprint density at radius 1 is 0.789 bits per heavy atom. The molecule has 0 unspecified atom stereocenters. The number of hydrogen-bond acceptors (Lipinski definition) is 2. The minimum Gasteiger partial charge on any atom is -0.426 e. The summed E-state index contributed by atoms with van der Waals surface area (Å²) < 4.78 is 5.31. The maximum Gasteiger partial charge on any atom is 0.311 e. The molecular weight excluding hydrogens is 236 g/mol. The molecule has 1 aliphatic rings. The molecular formula is C17H12O2. The predicted molar refractivity (Wildman–Crippen MR) is 75.4 cm³/mol. The van der Waals surface area contributed by atoms with E-state index in [4.69, 9.17) is 4.74 Å². The number of ether oxygens (including phenoxy) is 1.